The Labute approximate surface area is 88.7 Å². The van der Waals surface area contributed by atoms with Gasteiger partial charge in [-0.05, 0) is 25.5 Å². The standard InChI is InChI=1S/C11H15FN2O/c1-15-10-5-9(6-14-7-10)11(12)3-2-4-13-8-11/h5-7,13H,2-4,8H2,1H3. The van der Waals surface area contributed by atoms with Crippen LogP contribution in [-0.4, -0.2) is 25.2 Å². The maximum absolute atomic E-state index is 14.5. The third-order valence-electron chi connectivity index (χ3n) is 2.80. The van der Waals surface area contributed by atoms with Crippen molar-refractivity contribution >= 4 is 0 Å². The maximum Gasteiger partial charge on any atom is 0.150 e. The van der Waals surface area contributed by atoms with Crippen molar-refractivity contribution in [1.29, 1.82) is 0 Å². The molecule has 0 saturated carbocycles. The van der Waals surface area contributed by atoms with Crippen LogP contribution >= 0.6 is 0 Å². The zero-order valence-corrected chi connectivity index (χ0v) is 8.79. The molecule has 1 aromatic heterocycles. The number of methoxy groups -OCH3 is 1. The van der Waals surface area contributed by atoms with Gasteiger partial charge in [0.2, 0.25) is 0 Å². The Hall–Kier alpha value is -1.16. The number of nitrogens with zero attached hydrogens (tertiary/aromatic N) is 1. The molecule has 0 radical (unpaired) electrons. The number of hydrogen-bond donors (Lipinski definition) is 1. The lowest BCUT2D eigenvalue weighted by Crippen LogP contribution is -2.40. The van der Waals surface area contributed by atoms with Crippen molar-refractivity contribution in [2.45, 2.75) is 18.5 Å². The van der Waals surface area contributed by atoms with Gasteiger partial charge in [0.15, 0.2) is 0 Å². The zero-order chi connectivity index (χ0) is 10.7. The van der Waals surface area contributed by atoms with Crippen LogP contribution in [0.1, 0.15) is 18.4 Å². The largest absolute Gasteiger partial charge is 0.495 e. The zero-order valence-electron chi connectivity index (χ0n) is 8.79. The van der Waals surface area contributed by atoms with Crippen LogP contribution in [0.3, 0.4) is 0 Å². The molecule has 1 aliphatic rings. The highest BCUT2D eigenvalue weighted by molar-refractivity contribution is 5.28. The molecule has 3 nitrogen and oxygen atoms in total. The first-order valence-electron chi connectivity index (χ1n) is 5.14. The summed E-state index contributed by atoms with van der Waals surface area (Å²) in [6, 6.07) is 1.72. The molecule has 0 amide bonds. The first-order chi connectivity index (χ1) is 7.24. The van der Waals surface area contributed by atoms with Gasteiger partial charge in [0.05, 0.1) is 13.3 Å². The van der Waals surface area contributed by atoms with Gasteiger partial charge in [-0.2, -0.15) is 0 Å². The molecule has 0 aromatic carbocycles. The van der Waals surface area contributed by atoms with Crippen molar-refractivity contribution in [3.8, 4) is 5.75 Å². The molecule has 1 N–H and O–H groups in total. The number of hydrogen-bond acceptors (Lipinski definition) is 3. The summed E-state index contributed by atoms with van der Waals surface area (Å²) in [6.07, 6.45) is 4.57. The fourth-order valence-electron chi connectivity index (χ4n) is 1.89. The van der Waals surface area contributed by atoms with Crippen molar-refractivity contribution in [1.82, 2.24) is 10.3 Å². The molecule has 4 heteroatoms. The molecule has 1 atom stereocenters. The summed E-state index contributed by atoms with van der Waals surface area (Å²) >= 11 is 0. The fraction of sp³-hybridized carbons (Fsp3) is 0.545. The van der Waals surface area contributed by atoms with Gasteiger partial charge in [-0.1, -0.05) is 0 Å². The number of pyridine rings is 1. The molecule has 0 aliphatic carbocycles. The van der Waals surface area contributed by atoms with Crippen LogP contribution in [0.2, 0.25) is 0 Å². The molecule has 0 spiro atoms. The second-order valence-corrected chi connectivity index (χ2v) is 3.86. The van der Waals surface area contributed by atoms with Gasteiger partial charge in [-0.15, -0.1) is 0 Å². The third-order valence-corrected chi connectivity index (χ3v) is 2.80. The van der Waals surface area contributed by atoms with Crippen molar-refractivity contribution in [2.75, 3.05) is 20.2 Å². The normalized spacial score (nSPS) is 26.3. The lowest BCUT2D eigenvalue weighted by molar-refractivity contribution is 0.121. The topological polar surface area (TPSA) is 34.1 Å². The van der Waals surface area contributed by atoms with Crippen LogP contribution in [0, 0.1) is 0 Å². The van der Waals surface area contributed by atoms with Crippen LogP contribution in [0.25, 0.3) is 0 Å². The molecule has 0 bridgehead atoms. The van der Waals surface area contributed by atoms with Gasteiger partial charge < -0.3 is 10.1 Å². The average Bonchev–Trinajstić information content (AvgIpc) is 2.30. The summed E-state index contributed by atoms with van der Waals surface area (Å²) < 4.78 is 19.5. The Kier molecular flexibility index (Phi) is 2.86. The van der Waals surface area contributed by atoms with E-state index in [0.717, 1.165) is 13.0 Å². The van der Waals surface area contributed by atoms with Crippen LogP contribution in [0.5, 0.6) is 5.75 Å². The van der Waals surface area contributed by atoms with E-state index in [1.165, 1.54) is 0 Å². The van der Waals surface area contributed by atoms with Crippen molar-refractivity contribution < 1.29 is 9.13 Å². The molecule has 1 saturated heterocycles. The summed E-state index contributed by atoms with van der Waals surface area (Å²) in [5.74, 6) is 0.607. The van der Waals surface area contributed by atoms with E-state index in [-0.39, 0.29) is 0 Å². The quantitative estimate of drug-likeness (QED) is 0.805. The molecule has 1 aromatic rings. The second-order valence-electron chi connectivity index (χ2n) is 3.86. The van der Waals surface area contributed by atoms with Crippen molar-refractivity contribution in [3.05, 3.63) is 24.0 Å². The predicted octanol–water partition coefficient (Wildman–Crippen LogP) is 1.64. The Bertz CT molecular complexity index is 337. The minimum Gasteiger partial charge on any atom is -0.495 e. The lowest BCUT2D eigenvalue weighted by Gasteiger charge is -2.30. The minimum atomic E-state index is -1.29. The summed E-state index contributed by atoms with van der Waals surface area (Å²) in [4.78, 5) is 3.98. The van der Waals surface area contributed by atoms with E-state index in [0.29, 0.717) is 24.3 Å². The van der Waals surface area contributed by atoms with E-state index in [1.54, 1.807) is 25.6 Å². The molecular formula is C11H15FN2O. The predicted molar refractivity (Wildman–Crippen MR) is 55.7 cm³/mol. The molecule has 1 fully saturated rings. The number of rotatable bonds is 2. The van der Waals surface area contributed by atoms with Gasteiger partial charge in [-0.3, -0.25) is 4.98 Å². The maximum atomic E-state index is 14.5. The number of alkyl halides is 1. The summed E-state index contributed by atoms with van der Waals surface area (Å²) in [5.41, 5.74) is -0.686. The smallest absolute Gasteiger partial charge is 0.150 e. The average molecular weight is 210 g/mol. The Balaban J connectivity index is 2.26. The Morgan fingerprint density at radius 1 is 1.53 bits per heavy atom. The van der Waals surface area contributed by atoms with Crippen LogP contribution in [0.4, 0.5) is 4.39 Å². The second kappa shape index (κ2) is 4.14. The van der Waals surface area contributed by atoms with Gasteiger partial charge >= 0.3 is 0 Å². The van der Waals surface area contributed by atoms with Crippen LogP contribution in [0.15, 0.2) is 18.5 Å². The highest BCUT2D eigenvalue weighted by atomic mass is 19.1. The van der Waals surface area contributed by atoms with E-state index >= 15 is 0 Å². The summed E-state index contributed by atoms with van der Waals surface area (Å²) in [5, 5.41) is 3.07. The molecule has 1 unspecified atom stereocenters. The molecule has 2 heterocycles. The Morgan fingerprint density at radius 2 is 2.40 bits per heavy atom. The van der Waals surface area contributed by atoms with E-state index < -0.39 is 5.67 Å². The third kappa shape index (κ3) is 2.09. The minimum absolute atomic E-state index is 0.363. The Morgan fingerprint density at radius 3 is 3.07 bits per heavy atom. The summed E-state index contributed by atoms with van der Waals surface area (Å²) in [6.45, 7) is 1.25. The molecule has 2 rings (SSSR count). The summed E-state index contributed by atoms with van der Waals surface area (Å²) in [7, 11) is 1.56. The molecule has 15 heavy (non-hydrogen) atoms. The SMILES string of the molecule is COc1cncc(C2(F)CCCNC2)c1. The monoisotopic (exact) mass is 210 g/mol. The fourth-order valence-corrected chi connectivity index (χ4v) is 1.89. The number of aromatic nitrogens is 1. The van der Waals surface area contributed by atoms with Crippen molar-refractivity contribution in [2.24, 2.45) is 0 Å². The molecule has 1 aliphatic heterocycles. The van der Waals surface area contributed by atoms with E-state index in [1.807, 2.05) is 0 Å². The molecule has 82 valence electrons. The van der Waals surface area contributed by atoms with Crippen LogP contribution < -0.4 is 10.1 Å². The number of nitrogens with one attached hydrogen (secondary N) is 1. The number of halogens is 1. The first kappa shape index (κ1) is 10.4. The lowest BCUT2D eigenvalue weighted by atomic mass is 9.89. The van der Waals surface area contributed by atoms with E-state index in [4.69, 9.17) is 4.74 Å². The first-order valence-corrected chi connectivity index (χ1v) is 5.14. The highest BCUT2D eigenvalue weighted by Crippen LogP contribution is 2.33. The van der Waals surface area contributed by atoms with Gasteiger partial charge in [0.1, 0.15) is 11.4 Å². The number of ether oxygens (including phenoxy) is 1. The van der Waals surface area contributed by atoms with Gasteiger partial charge in [0, 0.05) is 18.3 Å². The molecular weight excluding hydrogens is 195 g/mol. The van der Waals surface area contributed by atoms with E-state index in [9.17, 15) is 4.39 Å². The van der Waals surface area contributed by atoms with Crippen molar-refractivity contribution in [3.63, 3.8) is 0 Å². The van der Waals surface area contributed by atoms with Crippen LogP contribution in [-0.2, 0) is 5.67 Å². The van der Waals surface area contributed by atoms with Gasteiger partial charge in [0.25, 0.3) is 0 Å². The highest BCUT2D eigenvalue weighted by Gasteiger charge is 2.34. The van der Waals surface area contributed by atoms with E-state index in [2.05, 4.69) is 10.3 Å². The number of piperidine rings is 1. The van der Waals surface area contributed by atoms with Gasteiger partial charge in [-0.25, -0.2) is 4.39 Å².